The molecule has 0 N–H and O–H groups in total. The molecule has 0 radical (unpaired) electrons. The van der Waals surface area contributed by atoms with Crippen LogP contribution in [-0.2, 0) is 0 Å². The van der Waals surface area contributed by atoms with E-state index >= 15 is 0 Å². The second-order valence-corrected chi connectivity index (χ2v) is 6.92. The van der Waals surface area contributed by atoms with Crippen LogP contribution in [0.5, 0.6) is 11.5 Å². The number of fused-ring (bicyclic) bond motifs is 1. The summed E-state index contributed by atoms with van der Waals surface area (Å²) in [6, 6.07) is 3.85. The van der Waals surface area contributed by atoms with Crippen molar-refractivity contribution in [2.24, 2.45) is 5.41 Å². The summed E-state index contributed by atoms with van der Waals surface area (Å²) in [4.78, 5) is 0.176. The molecule has 1 aliphatic heterocycles. The number of halogens is 2. The average molecular weight is 334 g/mol. The normalized spacial score (nSPS) is 17.2. The fraction of sp³-hybridized carbons (Fsp3) is 0.571. The van der Waals surface area contributed by atoms with Gasteiger partial charge in [-0.05, 0) is 17.0 Å². The predicted octanol–water partition coefficient (Wildman–Crippen LogP) is 4.98. The van der Waals surface area contributed by atoms with E-state index in [4.69, 9.17) is 21.1 Å². The van der Waals surface area contributed by atoms with Crippen LogP contribution >= 0.6 is 27.5 Å². The van der Waals surface area contributed by atoms with E-state index in [-0.39, 0.29) is 10.2 Å². The lowest BCUT2D eigenvalue weighted by Crippen LogP contribution is -2.13. The minimum atomic E-state index is 0.0868. The van der Waals surface area contributed by atoms with Gasteiger partial charge in [0.25, 0.3) is 0 Å². The van der Waals surface area contributed by atoms with Gasteiger partial charge in [-0.2, -0.15) is 0 Å². The number of rotatable bonds is 1. The van der Waals surface area contributed by atoms with Crippen LogP contribution < -0.4 is 9.47 Å². The number of hydrogen-bond acceptors (Lipinski definition) is 2. The predicted molar refractivity (Wildman–Crippen MR) is 78.2 cm³/mol. The summed E-state index contributed by atoms with van der Waals surface area (Å²) in [6.45, 7) is 7.89. The Kier molecular flexibility index (Phi) is 4.12. The summed E-state index contributed by atoms with van der Waals surface area (Å²) in [5.41, 5.74) is 1.14. The van der Waals surface area contributed by atoms with Crippen LogP contribution in [0.3, 0.4) is 0 Å². The van der Waals surface area contributed by atoms with Gasteiger partial charge < -0.3 is 9.47 Å². The van der Waals surface area contributed by atoms with Crippen molar-refractivity contribution in [2.75, 3.05) is 13.2 Å². The quantitative estimate of drug-likeness (QED) is 0.675. The van der Waals surface area contributed by atoms with E-state index in [0.29, 0.717) is 13.2 Å². The first-order valence-corrected chi connectivity index (χ1v) is 7.42. The third kappa shape index (κ3) is 2.94. The molecule has 1 heterocycles. The molecule has 18 heavy (non-hydrogen) atoms. The zero-order chi connectivity index (χ0) is 13.3. The number of hydrogen-bond donors (Lipinski definition) is 0. The van der Waals surface area contributed by atoms with Crippen LogP contribution in [0.2, 0.25) is 5.02 Å². The fourth-order valence-corrected chi connectivity index (χ4v) is 2.63. The standard InChI is InChI=1S/C14H18BrClO2/c1-14(2,3)13(15)9-7-11-12(8-10(9)16)18-6-4-5-17-11/h7-8,13H,4-6H2,1-3H3. The van der Waals surface area contributed by atoms with Crippen molar-refractivity contribution in [2.45, 2.75) is 32.0 Å². The van der Waals surface area contributed by atoms with Crippen LogP contribution in [0.15, 0.2) is 12.1 Å². The Labute approximate surface area is 122 Å². The molecule has 100 valence electrons. The molecule has 2 nitrogen and oxygen atoms in total. The zero-order valence-electron chi connectivity index (χ0n) is 10.9. The van der Waals surface area contributed by atoms with E-state index in [1.165, 1.54) is 0 Å². The van der Waals surface area contributed by atoms with E-state index in [1.54, 1.807) is 0 Å². The van der Waals surface area contributed by atoms with Gasteiger partial charge in [-0.25, -0.2) is 0 Å². The maximum absolute atomic E-state index is 6.35. The summed E-state index contributed by atoms with van der Waals surface area (Å²) in [7, 11) is 0. The summed E-state index contributed by atoms with van der Waals surface area (Å²) in [6.07, 6.45) is 0.901. The lowest BCUT2D eigenvalue weighted by atomic mass is 9.88. The average Bonchev–Trinajstić information content (AvgIpc) is 2.50. The van der Waals surface area contributed by atoms with Gasteiger partial charge in [0.1, 0.15) is 0 Å². The van der Waals surface area contributed by atoms with Gasteiger partial charge in [0.15, 0.2) is 11.5 Å². The van der Waals surface area contributed by atoms with Crippen molar-refractivity contribution in [3.05, 3.63) is 22.7 Å². The SMILES string of the molecule is CC(C)(C)C(Br)c1cc2c(cc1Cl)OCCCO2. The Morgan fingerprint density at radius 3 is 2.28 bits per heavy atom. The number of ether oxygens (including phenoxy) is 2. The Morgan fingerprint density at radius 1 is 1.17 bits per heavy atom. The fourth-order valence-electron chi connectivity index (χ4n) is 1.86. The Hall–Kier alpha value is -0.410. The molecule has 1 aliphatic rings. The first kappa shape index (κ1) is 14.0. The summed E-state index contributed by atoms with van der Waals surface area (Å²) >= 11 is 10.1. The van der Waals surface area contributed by atoms with Gasteiger partial charge in [-0.15, -0.1) is 0 Å². The zero-order valence-corrected chi connectivity index (χ0v) is 13.3. The van der Waals surface area contributed by atoms with E-state index in [1.807, 2.05) is 12.1 Å². The molecule has 0 saturated heterocycles. The molecule has 0 saturated carbocycles. The number of alkyl halides is 1. The van der Waals surface area contributed by atoms with Gasteiger partial charge in [0.05, 0.1) is 13.2 Å². The van der Waals surface area contributed by atoms with Gasteiger partial charge in [-0.1, -0.05) is 48.3 Å². The first-order chi connectivity index (χ1) is 8.39. The maximum atomic E-state index is 6.35. The molecule has 0 spiro atoms. The van der Waals surface area contributed by atoms with Crippen molar-refractivity contribution in [1.82, 2.24) is 0 Å². The molecule has 0 fully saturated rings. The molecule has 1 aromatic rings. The molecule has 2 rings (SSSR count). The molecule has 0 aromatic heterocycles. The van der Waals surface area contributed by atoms with Crippen LogP contribution in [0.4, 0.5) is 0 Å². The Balaban J connectivity index is 2.41. The summed E-state index contributed by atoms with van der Waals surface area (Å²) in [5.74, 6) is 1.54. The first-order valence-electron chi connectivity index (χ1n) is 6.12. The van der Waals surface area contributed by atoms with Gasteiger partial charge in [-0.3, -0.25) is 0 Å². The molecule has 4 heteroatoms. The molecule has 1 unspecified atom stereocenters. The lowest BCUT2D eigenvalue weighted by Gasteiger charge is -2.27. The highest BCUT2D eigenvalue weighted by Crippen LogP contribution is 2.46. The maximum Gasteiger partial charge on any atom is 0.162 e. The minimum Gasteiger partial charge on any atom is -0.490 e. The molecule has 1 atom stereocenters. The Bertz CT molecular complexity index is 440. The van der Waals surface area contributed by atoms with E-state index < -0.39 is 0 Å². The summed E-state index contributed by atoms with van der Waals surface area (Å²) < 4.78 is 11.3. The third-order valence-electron chi connectivity index (χ3n) is 2.90. The van der Waals surface area contributed by atoms with E-state index in [9.17, 15) is 0 Å². The van der Waals surface area contributed by atoms with Crippen molar-refractivity contribution in [1.29, 1.82) is 0 Å². The van der Waals surface area contributed by atoms with Crippen LogP contribution in [0.1, 0.15) is 37.6 Å². The van der Waals surface area contributed by atoms with E-state index in [2.05, 4.69) is 36.7 Å². The largest absolute Gasteiger partial charge is 0.490 e. The van der Waals surface area contributed by atoms with Crippen LogP contribution in [0.25, 0.3) is 0 Å². The monoisotopic (exact) mass is 332 g/mol. The topological polar surface area (TPSA) is 18.5 Å². The van der Waals surface area contributed by atoms with Crippen molar-refractivity contribution in [3.8, 4) is 11.5 Å². The van der Waals surface area contributed by atoms with Crippen LogP contribution in [-0.4, -0.2) is 13.2 Å². The highest BCUT2D eigenvalue weighted by Gasteiger charge is 2.27. The van der Waals surface area contributed by atoms with Crippen molar-refractivity contribution >= 4 is 27.5 Å². The van der Waals surface area contributed by atoms with Gasteiger partial charge in [0, 0.05) is 22.3 Å². The molecular weight excluding hydrogens is 316 g/mol. The smallest absolute Gasteiger partial charge is 0.162 e. The second-order valence-electron chi connectivity index (χ2n) is 5.60. The molecule has 0 bridgehead atoms. The lowest BCUT2D eigenvalue weighted by molar-refractivity contribution is 0.297. The molecular formula is C14H18BrClO2. The molecule has 1 aromatic carbocycles. The highest BCUT2D eigenvalue weighted by atomic mass is 79.9. The van der Waals surface area contributed by atoms with Gasteiger partial charge in [0.2, 0.25) is 0 Å². The van der Waals surface area contributed by atoms with Crippen LogP contribution in [0, 0.1) is 5.41 Å². The minimum absolute atomic E-state index is 0.0868. The van der Waals surface area contributed by atoms with Gasteiger partial charge >= 0.3 is 0 Å². The Morgan fingerprint density at radius 2 is 1.72 bits per heavy atom. The third-order valence-corrected chi connectivity index (χ3v) is 5.09. The highest BCUT2D eigenvalue weighted by molar-refractivity contribution is 9.09. The molecule has 0 amide bonds. The molecule has 0 aliphatic carbocycles. The van der Waals surface area contributed by atoms with Crippen molar-refractivity contribution < 1.29 is 9.47 Å². The summed E-state index contributed by atoms with van der Waals surface area (Å²) in [5, 5.41) is 0.719. The second kappa shape index (κ2) is 5.30. The van der Waals surface area contributed by atoms with Crippen molar-refractivity contribution in [3.63, 3.8) is 0 Å². The van der Waals surface area contributed by atoms with E-state index in [0.717, 1.165) is 28.5 Å². The number of benzene rings is 1.